The highest BCUT2D eigenvalue weighted by atomic mass is 32.2. The van der Waals surface area contributed by atoms with Gasteiger partial charge in [-0.25, -0.2) is 4.39 Å². The standard InChI is InChI=1S/C14H16FNOS/c1-10(16)14(12-6-2-3-7-13(12)15)18-9-11-5-4-8-17-11/h2-8,10,14H,9,16H2,1H3. The van der Waals surface area contributed by atoms with Crippen LogP contribution in [0.5, 0.6) is 0 Å². The topological polar surface area (TPSA) is 39.2 Å². The summed E-state index contributed by atoms with van der Waals surface area (Å²) in [6, 6.07) is 10.4. The molecule has 2 nitrogen and oxygen atoms in total. The molecule has 0 bridgehead atoms. The third-order valence-corrected chi connectivity index (χ3v) is 4.17. The normalized spacial score (nSPS) is 14.4. The molecule has 0 radical (unpaired) electrons. The minimum atomic E-state index is -0.202. The maximum absolute atomic E-state index is 13.8. The summed E-state index contributed by atoms with van der Waals surface area (Å²) in [6.07, 6.45) is 1.64. The van der Waals surface area contributed by atoms with Crippen LogP contribution in [-0.4, -0.2) is 6.04 Å². The van der Waals surface area contributed by atoms with E-state index in [0.717, 1.165) is 5.76 Å². The zero-order valence-electron chi connectivity index (χ0n) is 10.2. The summed E-state index contributed by atoms with van der Waals surface area (Å²) in [7, 11) is 0. The lowest BCUT2D eigenvalue weighted by molar-refractivity contribution is 0.529. The van der Waals surface area contributed by atoms with Gasteiger partial charge < -0.3 is 10.2 Å². The van der Waals surface area contributed by atoms with E-state index < -0.39 is 0 Å². The van der Waals surface area contributed by atoms with Gasteiger partial charge in [-0.2, -0.15) is 0 Å². The Kier molecular flexibility index (Phi) is 4.44. The summed E-state index contributed by atoms with van der Waals surface area (Å²) in [4.78, 5) is 0. The van der Waals surface area contributed by atoms with E-state index in [0.29, 0.717) is 11.3 Å². The number of nitrogens with two attached hydrogens (primary N) is 1. The maximum atomic E-state index is 13.8. The van der Waals surface area contributed by atoms with Gasteiger partial charge in [0.25, 0.3) is 0 Å². The van der Waals surface area contributed by atoms with Crippen LogP contribution >= 0.6 is 11.8 Å². The van der Waals surface area contributed by atoms with Gasteiger partial charge >= 0.3 is 0 Å². The summed E-state index contributed by atoms with van der Waals surface area (Å²) >= 11 is 1.60. The van der Waals surface area contributed by atoms with Gasteiger partial charge in [0.1, 0.15) is 11.6 Å². The molecule has 1 aromatic heterocycles. The smallest absolute Gasteiger partial charge is 0.127 e. The molecule has 2 rings (SSSR count). The number of benzene rings is 1. The summed E-state index contributed by atoms with van der Waals surface area (Å²) in [6.45, 7) is 1.90. The highest BCUT2D eigenvalue weighted by Gasteiger charge is 2.20. The molecule has 2 aromatic rings. The molecular weight excluding hydrogens is 249 g/mol. The van der Waals surface area contributed by atoms with Crippen LogP contribution in [0.25, 0.3) is 0 Å². The Morgan fingerprint density at radius 3 is 2.67 bits per heavy atom. The van der Waals surface area contributed by atoms with Crippen molar-refractivity contribution < 1.29 is 8.81 Å². The van der Waals surface area contributed by atoms with Crippen molar-refractivity contribution in [3.05, 3.63) is 59.8 Å². The van der Waals surface area contributed by atoms with Crippen LogP contribution < -0.4 is 5.73 Å². The van der Waals surface area contributed by atoms with Crippen LogP contribution in [0, 0.1) is 5.82 Å². The lowest BCUT2D eigenvalue weighted by Gasteiger charge is -2.20. The van der Waals surface area contributed by atoms with E-state index >= 15 is 0 Å². The Bertz CT molecular complexity index is 484. The second-order valence-corrected chi connectivity index (χ2v) is 5.32. The predicted octanol–water partition coefficient (Wildman–Crippen LogP) is 3.74. The van der Waals surface area contributed by atoms with Gasteiger partial charge in [-0.05, 0) is 25.1 Å². The number of hydrogen-bond donors (Lipinski definition) is 1. The van der Waals surface area contributed by atoms with Crippen molar-refractivity contribution in [3.8, 4) is 0 Å². The molecule has 2 unspecified atom stereocenters. The molecule has 96 valence electrons. The molecule has 0 aliphatic heterocycles. The summed E-state index contributed by atoms with van der Waals surface area (Å²) in [5.74, 6) is 1.36. The number of hydrogen-bond acceptors (Lipinski definition) is 3. The fraction of sp³-hybridized carbons (Fsp3) is 0.286. The molecule has 0 aliphatic carbocycles. The summed E-state index contributed by atoms with van der Waals surface area (Å²) < 4.78 is 19.0. The van der Waals surface area contributed by atoms with Crippen molar-refractivity contribution in [1.82, 2.24) is 0 Å². The quantitative estimate of drug-likeness (QED) is 0.895. The molecule has 0 aliphatic rings. The van der Waals surface area contributed by atoms with Crippen LogP contribution in [-0.2, 0) is 5.75 Å². The van der Waals surface area contributed by atoms with Crippen LogP contribution in [0.15, 0.2) is 47.1 Å². The van der Waals surface area contributed by atoms with Crippen LogP contribution in [0.2, 0.25) is 0 Å². The van der Waals surface area contributed by atoms with Gasteiger partial charge in [0.05, 0.1) is 12.0 Å². The van der Waals surface area contributed by atoms with Gasteiger partial charge in [-0.3, -0.25) is 0 Å². The number of thioether (sulfide) groups is 1. The molecule has 1 heterocycles. The number of rotatable bonds is 5. The van der Waals surface area contributed by atoms with Gasteiger partial charge in [-0.15, -0.1) is 11.8 Å². The SMILES string of the molecule is CC(N)C(SCc1ccco1)c1ccccc1F. The fourth-order valence-electron chi connectivity index (χ4n) is 1.80. The molecule has 2 atom stereocenters. The first-order valence-electron chi connectivity index (χ1n) is 5.82. The molecule has 0 amide bonds. The van der Waals surface area contributed by atoms with Crippen molar-refractivity contribution in [2.75, 3.05) is 0 Å². The molecule has 1 aromatic carbocycles. The average Bonchev–Trinajstić information content (AvgIpc) is 2.84. The Morgan fingerprint density at radius 2 is 2.06 bits per heavy atom. The van der Waals surface area contributed by atoms with Gasteiger partial charge in [0, 0.05) is 16.9 Å². The van der Waals surface area contributed by atoms with E-state index in [4.69, 9.17) is 10.2 Å². The van der Waals surface area contributed by atoms with Crippen molar-refractivity contribution in [2.45, 2.75) is 24.0 Å². The number of furan rings is 1. The predicted molar refractivity (Wildman–Crippen MR) is 72.8 cm³/mol. The van der Waals surface area contributed by atoms with E-state index in [2.05, 4.69) is 0 Å². The van der Waals surface area contributed by atoms with Crippen molar-refractivity contribution in [2.24, 2.45) is 5.73 Å². The van der Waals surface area contributed by atoms with Crippen LogP contribution in [0.1, 0.15) is 23.5 Å². The minimum Gasteiger partial charge on any atom is -0.468 e. The van der Waals surface area contributed by atoms with Crippen molar-refractivity contribution in [3.63, 3.8) is 0 Å². The lowest BCUT2D eigenvalue weighted by Crippen LogP contribution is -2.23. The molecule has 2 N–H and O–H groups in total. The molecular formula is C14H16FNOS. The van der Waals surface area contributed by atoms with E-state index in [1.807, 2.05) is 25.1 Å². The Hall–Kier alpha value is -1.26. The Balaban J connectivity index is 2.11. The third-order valence-electron chi connectivity index (χ3n) is 2.67. The minimum absolute atomic E-state index is 0.0729. The van der Waals surface area contributed by atoms with E-state index in [-0.39, 0.29) is 17.1 Å². The van der Waals surface area contributed by atoms with Crippen LogP contribution in [0.3, 0.4) is 0 Å². The zero-order chi connectivity index (χ0) is 13.0. The first kappa shape index (κ1) is 13.2. The van der Waals surface area contributed by atoms with Crippen LogP contribution in [0.4, 0.5) is 4.39 Å². The monoisotopic (exact) mass is 265 g/mol. The lowest BCUT2D eigenvalue weighted by atomic mass is 10.1. The molecule has 0 spiro atoms. The molecule has 0 saturated carbocycles. The molecule has 18 heavy (non-hydrogen) atoms. The number of halogens is 1. The first-order chi connectivity index (χ1) is 8.68. The first-order valence-corrected chi connectivity index (χ1v) is 6.87. The maximum Gasteiger partial charge on any atom is 0.127 e. The summed E-state index contributed by atoms with van der Waals surface area (Å²) in [5, 5.41) is -0.0729. The molecule has 0 fully saturated rings. The molecule has 4 heteroatoms. The average molecular weight is 265 g/mol. The Morgan fingerprint density at radius 1 is 1.28 bits per heavy atom. The van der Waals surface area contributed by atoms with Gasteiger partial charge in [0.2, 0.25) is 0 Å². The van der Waals surface area contributed by atoms with Gasteiger partial charge in [-0.1, -0.05) is 18.2 Å². The Labute approximate surface area is 110 Å². The zero-order valence-corrected chi connectivity index (χ0v) is 11.0. The molecule has 0 saturated heterocycles. The third kappa shape index (κ3) is 3.15. The fourth-order valence-corrected chi connectivity index (χ4v) is 2.98. The second-order valence-electron chi connectivity index (χ2n) is 4.19. The van der Waals surface area contributed by atoms with Crippen molar-refractivity contribution >= 4 is 11.8 Å². The van der Waals surface area contributed by atoms with E-state index in [1.54, 1.807) is 30.2 Å². The second kappa shape index (κ2) is 6.07. The summed E-state index contributed by atoms with van der Waals surface area (Å²) in [5.41, 5.74) is 6.62. The largest absolute Gasteiger partial charge is 0.468 e. The van der Waals surface area contributed by atoms with E-state index in [9.17, 15) is 4.39 Å². The van der Waals surface area contributed by atoms with Gasteiger partial charge in [0.15, 0.2) is 0 Å². The highest BCUT2D eigenvalue weighted by Crippen LogP contribution is 2.35. The van der Waals surface area contributed by atoms with Crippen molar-refractivity contribution in [1.29, 1.82) is 0 Å². The van der Waals surface area contributed by atoms with E-state index in [1.165, 1.54) is 6.07 Å². The highest BCUT2D eigenvalue weighted by molar-refractivity contribution is 7.98.